The SMILES string of the molecule is CC(C)C(CC(=O)NC1CC2CCCCC2C1)C(=O)NO. The lowest BCUT2D eigenvalue weighted by Crippen LogP contribution is -2.39. The topological polar surface area (TPSA) is 78.4 Å². The van der Waals surface area contributed by atoms with Gasteiger partial charge in [-0.2, -0.15) is 0 Å². The molecule has 0 radical (unpaired) electrons. The van der Waals surface area contributed by atoms with Crippen molar-refractivity contribution in [2.75, 3.05) is 0 Å². The fraction of sp³-hybridized carbons (Fsp3) is 0.875. The largest absolute Gasteiger partial charge is 0.353 e. The Kier molecular flexibility index (Phi) is 5.62. The van der Waals surface area contributed by atoms with Crippen LogP contribution >= 0.6 is 0 Å². The van der Waals surface area contributed by atoms with Gasteiger partial charge in [-0.05, 0) is 30.6 Å². The molecular weight excluding hydrogens is 268 g/mol. The zero-order valence-electron chi connectivity index (χ0n) is 13.1. The molecule has 3 N–H and O–H groups in total. The van der Waals surface area contributed by atoms with Crippen LogP contribution in [0.3, 0.4) is 0 Å². The average molecular weight is 296 g/mol. The van der Waals surface area contributed by atoms with Gasteiger partial charge in [-0.1, -0.05) is 39.5 Å². The van der Waals surface area contributed by atoms with Gasteiger partial charge >= 0.3 is 0 Å². The van der Waals surface area contributed by atoms with Gasteiger partial charge in [0.25, 0.3) is 0 Å². The number of carbonyl (C=O) groups is 2. The number of hydrogen-bond acceptors (Lipinski definition) is 3. The minimum Gasteiger partial charge on any atom is -0.353 e. The second-order valence-electron chi connectivity index (χ2n) is 7.07. The molecule has 2 aliphatic carbocycles. The van der Waals surface area contributed by atoms with Gasteiger partial charge in [0.05, 0.1) is 5.92 Å². The van der Waals surface area contributed by atoms with Crippen LogP contribution in [0.5, 0.6) is 0 Å². The Hall–Kier alpha value is -1.10. The van der Waals surface area contributed by atoms with Gasteiger partial charge in [0.15, 0.2) is 0 Å². The van der Waals surface area contributed by atoms with Crippen LogP contribution in [0.4, 0.5) is 0 Å². The quantitative estimate of drug-likeness (QED) is 0.538. The predicted molar refractivity (Wildman–Crippen MR) is 79.5 cm³/mol. The summed E-state index contributed by atoms with van der Waals surface area (Å²) < 4.78 is 0. The first-order chi connectivity index (χ1) is 10.0. The Morgan fingerprint density at radius 1 is 1.14 bits per heavy atom. The predicted octanol–water partition coefficient (Wildman–Crippen LogP) is 2.24. The molecule has 5 nitrogen and oxygen atoms in total. The Bertz CT molecular complexity index is 370. The summed E-state index contributed by atoms with van der Waals surface area (Å²) >= 11 is 0. The zero-order valence-corrected chi connectivity index (χ0v) is 13.1. The van der Waals surface area contributed by atoms with E-state index in [1.54, 1.807) is 5.48 Å². The molecular formula is C16H28N2O3. The lowest BCUT2D eigenvalue weighted by Gasteiger charge is -2.23. The van der Waals surface area contributed by atoms with Crippen molar-refractivity contribution in [3.05, 3.63) is 0 Å². The lowest BCUT2D eigenvalue weighted by molar-refractivity contribution is -0.138. The normalized spacial score (nSPS) is 29.8. The molecule has 120 valence electrons. The Morgan fingerprint density at radius 2 is 1.71 bits per heavy atom. The van der Waals surface area contributed by atoms with Gasteiger partial charge < -0.3 is 5.32 Å². The van der Waals surface area contributed by atoms with Crippen LogP contribution in [0, 0.1) is 23.7 Å². The minimum atomic E-state index is -0.473. The highest BCUT2D eigenvalue weighted by atomic mass is 16.5. The highest BCUT2D eigenvalue weighted by Crippen LogP contribution is 2.42. The number of nitrogens with one attached hydrogen (secondary N) is 2. The number of hydroxylamine groups is 1. The number of carbonyl (C=O) groups excluding carboxylic acids is 2. The highest BCUT2D eigenvalue weighted by molar-refractivity contribution is 5.85. The fourth-order valence-electron chi connectivity index (χ4n) is 4.05. The van der Waals surface area contributed by atoms with E-state index in [1.165, 1.54) is 25.7 Å². The molecule has 0 aliphatic heterocycles. The smallest absolute Gasteiger partial charge is 0.247 e. The average Bonchev–Trinajstić information content (AvgIpc) is 2.85. The Labute approximate surface area is 126 Å². The molecule has 2 rings (SSSR count). The molecule has 0 aromatic rings. The van der Waals surface area contributed by atoms with Crippen molar-refractivity contribution in [3.8, 4) is 0 Å². The summed E-state index contributed by atoms with van der Waals surface area (Å²) in [4.78, 5) is 23.8. The number of hydrogen-bond donors (Lipinski definition) is 3. The summed E-state index contributed by atoms with van der Waals surface area (Å²) in [6, 6.07) is 0.274. The number of amides is 2. The van der Waals surface area contributed by atoms with E-state index in [9.17, 15) is 9.59 Å². The maximum Gasteiger partial charge on any atom is 0.247 e. The molecule has 0 saturated heterocycles. The van der Waals surface area contributed by atoms with Crippen LogP contribution in [0.2, 0.25) is 0 Å². The first kappa shape index (κ1) is 16.3. The summed E-state index contributed by atoms with van der Waals surface area (Å²) in [7, 11) is 0. The van der Waals surface area contributed by atoms with Crippen LogP contribution in [0.25, 0.3) is 0 Å². The molecule has 0 aromatic heterocycles. The molecule has 21 heavy (non-hydrogen) atoms. The first-order valence-corrected chi connectivity index (χ1v) is 8.24. The van der Waals surface area contributed by atoms with E-state index < -0.39 is 11.8 Å². The van der Waals surface area contributed by atoms with Crippen LogP contribution in [0.1, 0.15) is 58.8 Å². The molecule has 5 heteroatoms. The monoisotopic (exact) mass is 296 g/mol. The zero-order chi connectivity index (χ0) is 15.4. The van der Waals surface area contributed by atoms with Crippen LogP contribution in [-0.2, 0) is 9.59 Å². The van der Waals surface area contributed by atoms with Crippen molar-refractivity contribution in [2.45, 2.75) is 64.8 Å². The fourth-order valence-corrected chi connectivity index (χ4v) is 4.05. The van der Waals surface area contributed by atoms with E-state index in [0.29, 0.717) is 0 Å². The van der Waals surface area contributed by atoms with E-state index >= 15 is 0 Å². The third-order valence-corrected chi connectivity index (χ3v) is 5.26. The van der Waals surface area contributed by atoms with Crippen LogP contribution in [0.15, 0.2) is 0 Å². The van der Waals surface area contributed by atoms with Crippen molar-refractivity contribution in [1.29, 1.82) is 0 Å². The number of rotatable bonds is 5. The van der Waals surface area contributed by atoms with Gasteiger partial charge in [-0.3, -0.25) is 14.8 Å². The molecule has 2 fully saturated rings. The second-order valence-corrected chi connectivity index (χ2v) is 7.07. The Morgan fingerprint density at radius 3 is 2.19 bits per heavy atom. The molecule has 2 amide bonds. The van der Waals surface area contributed by atoms with Gasteiger partial charge in [0.1, 0.15) is 0 Å². The molecule has 0 bridgehead atoms. The lowest BCUT2D eigenvalue weighted by atomic mass is 9.82. The summed E-state index contributed by atoms with van der Waals surface area (Å²) in [6.45, 7) is 3.77. The van der Waals surface area contributed by atoms with Gasteiger partial charge in [-0.25, -0.2) is 5.48 Å². The molecule has 3 unspecified atom stereocenters. The van der Waals surface area contributed by atoms with Gasteiger partial charge in [-0.15, -0.1) is 0 Å². The third kappa shape index (κ3) is 4.19. The van der Waals surface area contributed by atoms with Crippen molar-refractivity contribution in [1.82, 2.24) is 10.8 Å². The van der Waals surface area contributed by atoms with Crippen LogP contribution < -0.4 is 10.8 Å². The Balaban J connectivity index is 1.82. The first-order valence-electron chi connectivity index (χ1n) is 8.24. The maximum atomic E-state index is 12.2. The van der Waals surface area contributed by atoms with E-state index in [2.05, 4.69) is 5.32 Å². The molecule has 2 aliphatic rings. The van der Waals surface area contributed by atoms with E-state index in [0.717, 1.165) is 24.7 Å². The van der Waals surface area contributed by atoms with Crippen LogP contribution in [-0.4, -0.2) is 23.1 Å². The molecule has 3 atom stereocenters. The van der Waals surface area contributed by atoms with Crippen molar-refractivity contribution in [3.63, 3.8) is 0 Å². The molecule has 0 heterocycles. The molecule has 0 spiro atoms. The highest BCUT2D eigenvalue weighted by Gasteiger charge is 2.36. The van der Waals surface area contributed by atoms with Crippen molar-refractivity contribution >= 4 is 11.8 Å². The summed E-state index contributed by atoms with van der Waals surface area (Å²) in [6.07, 6.45) is 7.60. The van der Waals surface area contributed by atoms with Crippen molar-refractivity contribution in [2.24, 2.45) is 23.7 Å². The summed E-state index contributed by atoms with van der Waals surface area (Å²) in [5.74, 6) is 0.574. The van der Waals surface area contributed by atoms with Gasteiger partial charge in [0, 0.05) is 12.5 Å². The van der Waals surface area contributed by atoms with E-state index in [1.807, 2.05) is 13.8 Å². The van der Waals surface area contributed by atoms with E-state index in [4.69, 9.17) is 5.21 Å². The maximum absolute atomic E-state index is 12.2. The van der Waals surface area contributed by atoms with Crippen molar-refractivity contribution < 1.29 is 14.8 Å². The standard InChI is InChI=1S/C16H28N2O3/c1-10(2)14(16(20)18-21)9-15(19)17-13-7-11-5-3-4-6-12(11)8-13/h10-14,21H,3-9H2,1-2H3,(H,17,19)(H,18,20). The minimum absolute atomic E-state index is 0.0223. The number of fused-ring (bicyclic) bond motifs is 1. The second kappa shape index (κ2) is 7.25. The summed E-state index contributed by atoms with van der Waals surface area (Å²) in [5.41, 5.74) is 1.67. The molecule has 0 aromatic carbocycles. The van der Waals surface area contributed by atoms with E-state index in [-0.39, 0.29) is 24.3 Å². The summed E-state index contributed by atoms with van der Waals surface area (Å²) in [5, 5.41) is 11.9. The molecule has 2 saturated carbocycles. The van der Waals surface area contributed by atoms with Gasteiger partial charge in [0.2, 0.25) is 11.8 Å². The third-order valence-electron chi connectivity index (χ3n) is 5.26.